The molecule has 6 nitrogen and oxygen atoms in total. The number of benzene rings is 1. The Morgan fingerprint density at radius 1 is 1.23 bits per heavy atom. The van der Waals surface area contributed by atoms with Crippen LogP contribution in [0.5, 0.6) is 5.75 Å². The van der Waals surface area contributed by atoms with E-state index in [1.807, 2.05) is 0 Å². The Balaban J connectivity index is 1.96. The summed E-state index contributed by atoms with van der Waals surface area (Å²) in [5.74, 6) is 0.399. The highest BCUT2D eigenvalue weighted by Gasteiger charge is 2.29. The molecule has 0 aromatic heterocycles. The van der Waals surface area contributed by atoms with Crippen LogP contribution in [0, 0.1) is 0 Å². The van der Waals surface area contributed by atoms with Crippen LogP contribution in [0.15, 0.2) is 24.3 Å². The molecule has 0 aliphatic heterocycles. The summed E-state index contributed by atoms with van der Waals surface area (Å²) in [5.41, 5.74) is 5.85. The van der Waals surface area contributed by atoms with Crippen LogP contribution < -0.4 is 15.8 Å². The third-order valence-electron chi connectivity index (χ3n) is 3.89. The first-order valence-electron chi connectivity index (χ1n) is 7.71. The molecule has 1 amide bonds. The van der Waals surface area contributed by atoms with Gasteiger partial charge in [-0.1, -0.05) is 12.8 Å². The fourth-order valence-corrected chi connectivity index (χ4v) is 2.62. The lowest BCUT2D eigenvalue weighted by Crippen LogP contribution is -2.47. The predicted octanol–water partition coefficient (Wildman–Crippen LogP) is 0.418. The molecule has 22 heavy (non-hydrogen) atoms. The number of rotatable bonds is 5. The maximum Gasteiger partial charge on any atom is 0.251 e. The van der Waals surface area contributed by atoms with E-state index in [1.54, 1.807) is 24.3 Å². The van der Waals surface area contributed by atoms with Gasteiger partial charge in [0.25, 0.3) is 5.91 Å². The minimum absolute atomic E-state index is 0.261. The van der Waals surface area contributed by atoms with E-state index >= 15 is 0 Å². The Labute approximate surface area is 130 Å². The molecule has 0 heterocycles. The van der Waals surface area contributed by atoms with Crippen molar-refractivity contribution in [2.45, 2.75) is 43.9 Å². The first kappa shape index (κ1) is 16.7. The van der Waals surface area contributed by atoms with Crippen LogP contribution in [0.2, 0.25) is 0 Å². The molecule has 1 aromatic rings. The van der Waals surface area contributed by atoms with E-state index in [4.69, 9.17) is 10.5 Å². The standard InChI is InChI=1S/C16H24N2O4/c17-9-10-22-12-7-5-11(6-8-12)16(21)18-13-3-1-2-4-14(19)15(13)20/h5-8,13-15,19-20H,1-4,9-10,17H2,(H,18,21)/t13-,14-,15-/m1/s1. The molecule has 0 bridgehead atoms. The van der Waals surface area contributed by atoms with Crippen molar-refractivity contribution in [3.63, 3.8) is 0 Å². The zero-order valence-corrected chi connectivity index (χ0v) is 12.6. The van der Waals surface area contributed by atoms with Crippen molar-refractivity contribution < 1.29 is 19.7 Å². The second kappa shape index (κ2) is 8.12. The van der Waals surface area contributed by atoms with E-state index in [0.717, 1.165) is 12.8 Å². The second-order valence-electron chi connectivity index (χ2n) is 5.58. The molecular formula is C16H24N2O4. The highest BCUT2D eigenvalue weighted by Crippen LogP contribution is 2.19. The molecular weight excluding hydrogens is 284 g/mol. The number of amides is 1. The highest BCUT2D eigenvalue weighted by molar-refractivity contribution is 5.94. The summed E-state index contributed by atoms with van der Waals surface area (Å²) in [5, 5.41) is 22.7. The van der Waals surface area contributed by atoms with Crippen molar-refractivity contribution in [2.75, 3.05) is 13.2 Å². The van der Waals surface area contributed by atoms with Crippen LogP contribution >= 0.6 is 0 Å². The summed E-state index contributed by atoms with van der Waals surface area (Å²) in [7, 11) is 0. The summed E-state index contributed by atoms with van der Waals surface area (Å²) in [4.78, 5) is 12.2. The molecule has 0 unspecified atom stereocenters. The van der Waals surface area contributed by atoms with Gasteiger partial charge in [0.15, 0.2) is 0 Å². The Morgan fingerprint density at radius 3 is 2.59 bits per heavy atom. The van der Waals surface area contributed by atoms with Crippen LogP contribution in [0.25, 0.3) is 0 Å². The summed E-state index contributed by atoms with van der Waals surface area (Å²) in [6.45, 7) is 0.863. The SMILES string of the molecule is NCCOc1ccc(C(=O)N[C@@H]2CCCC[C@@H](O)[C@@H]2O)cc1. The maximum atomic E-state index is 12.2. The van der Waals surface area contributed by atoms with Crippen molar-refractivity contribution in [3.05, 3.63) is 29.8 Å². The van der Waals surface area contributed by atoms with E-state index in [0.29, 0.717) is 37.3 Å². The minimum atomic E-state index is -0.918. The third-order valence-corrected chi connectivity index (χ3v) is 3.89. The molecule has 122 valence electrons. The number of hydrogen-bond donors (Lipinski definition) is 4. The van der Waals surface area contributed by atoms with Gasteiger partial charge in [0, 0.05) is 12.1 Å². The Morgan fingerprint density at radius 2 is 1.91 bits per heavy atom. The molecule has 1 aliphatic rings. The van der Waals surface area contributed by atoms with Gasteiger partial charge >= 0.3 is 0 Å². The van der Waals surface area contributed by atoms with Crippen molar-refractivity contribution >= 4 is 5.91 Å². The molecule has 2 rings (SSSR count). The minimum Gasteiger partial charge on any atom is -0.492 e. The number of ether oxygens (including phenoxy) is 1. The molecule has 0 radical (unpaired) electrons. The van der Waals surface area contributed by atoms with E-state index in [-0.39, 0.29) is 5.91 Å². The molecule has 5 N–H and O–H groups in total. The summed E-state index contributed by atoms with van der Waals surface area (Å²) >= 11 is 0. The largest absolute Gasteiger partial charge is 0.492 e. The van der Waals surface area contributed by atoms with Crippen molar-refractivity contribution in [2.24, 2.45) is 5.73 Å². The van der Waals surface area contributed by atoms with Crippen LogP contribution in [-0.4, -0.2) is 47.5 Å². The average Bonchev–Trinajstić information content (AvgIpc) is 2.69. The lowest BCUT2D eigenvalue weighted by Gasteiger charge is -2.24. The molecule has 1 saturated carbocycles. The second-order valence-corrected chi connectivity index (χ2v) is 5.58. The molecule has 0 saturated heterocycles. The first-order valence-corrected chi connectivity index (χ1v) is 7.71. The fourth-order valence-electron chi connectivity index (χ4n) is 2.62. The Bertz CT molecular complexity index is 478. The highest BCUT2D eigenvalue weighted by atomic mass is 16.5. The van der Waals surface area contributed by atoms with E-state index in [9.17, 15) is 15.0 Å². The Hall–Kier alpha value is -1.63. The topological polar surface area (TPSA) is 105 Å². The third kappa shape index (κ3) is 4.43. The molecule has 1 fully saturated rings. The number of aliphatic hydroxyl groups is 2. The van der Waals surface area contributed by atoms with E-state index in [1.165, 1.54) is 0 Å². The number of hydrogen-bond acceptors (Lipinski definition) is 5. The first-order chi connectivity index (χ1) is 10.6. The van der Waals surface area contributed by atoms with Gasteiger partial charge in [-0.15, -0.1) is 0 Å². The summed E-state index contributed by atoms with van der Waals surface area (Å²) in [6.07, 6.45) is 1.28. The smallest absolute Gasteiger partial charge is 0.251 e. The number of carbonyl (C=O) groups is 1. The van der Waals surface area contributed by atoms with Gasteiger partial charge < -0.3 is 26.0 Å². The van der Waals surface area contributed by atoms with Gasteiger partial charge in [0.05, 0.1) is 18.2 Å². The number of nitrogens with two attached hydrogens (primary N) is 1. The van der Waals surface area contributed by atoms with E-state index < -0.39 is 18.2 Å². The van der Waals surface area contributed by atoms with Gasteiger partial charge in [-0.3, -0.25) is 4.79 Å². The van der Waals surface area contributed by atoms with Crippen LogP contribution in [0.3, 0.4) is 0 Å². The monoisotopic (exact) mass is 308 g/mol. The average molecular weight is 308 g/mol. The molecule has 1 aliphatic carbocycles. The lowest BCUT2D eigenvalue weighted by molar-refractivity contribution is -0.00124. The molecule has 3 atom stereocenters. The van der Waals surface area contributed by atoms with Crippen LogP contribution in [0.4, 0.5) is 0 Å². The molecule has 6 heteroatoms. The summed E-state index contributed by atoms with van der Waals surface area (Å²) in [6, 6.07) is 6.34. The van der Waals surface area contributed by atoms with Gasteiger partial charge in [0.1, 0.15) is 12.4 Å². The molecule has 1 aromatic carbocycles. The van der Waals surface area contributed by atoms with Gasteiger partial charge in [-0.25, -0.2) is 0 Å². The molecule has 0 spiro atoms. The fraction of sp³-hybridized carbons (Fsp3) is 0.562. The number of aliphatic hydroxyl groups excluding tert-OH is 2. The van der Waals surface area contributed by atoms with Crippen LogP contribution in [-0.2, 0) is 0 Å². The zero-order chi connectivity index (χ0) is 15.9. The van der Waals surface area contributed by atoms with E-state index in [2.05, 4.69) is 5.32 Å². The van der Waals surface area contributed by atoms with Gasteiger partial charge in [0.2, 0.25) is 0 Å². The Kier molecular flexibility index (Phi) is 6.18. The number of nitrogens with one attached hydrogen (secondary N) is 1. The number of carbonyl (C=O) groups excluding carboxylic acids is 1. The van der Waals surface area contributed by atoms with Crippen molar-refractivity contribution in [1.82, 2.24) is 5.32 Å². The van der Waals surface area contributed by atoms with Gasteiger partial charge in [-0.2, -0.15) is 0 Å². The predicted molar refractivity (Wildman–Crippen MR) is 82.7 cm³/mol. The summed E-state index contributed by atoms with van der Waals surface area (Å²) < 4.78 is 5.36. The van der Waals surface area contributed by atoms with Crippen molar-refractivity contribution in [3.8, 4) is 5.75 Å². The quantitative estimate of drug-likeness (QED) is 0.590. The normalized spacial score (nSPS) is 25.3. The van der Waals surface area contributed by atoms with Crippen molar-refractivity contribution in [1.29, 1.82) is 0 Å². The van der Waals surface area contributed by atoms with Crippen LogP contribution in [0.1, 0.15) is 36.0 Å². The zero-order valence-electron chi connectivity index (χ0n) is 12.6. The lowest BCUT2D eigenvalue weighted by atomic mass is 10.0. The maximum absolute atomic E-state index is 12.2. The van der Waals surface area contributed by atoms with Gasteiger partial charge in [-0.05, 0) is 37.1 Å².